The Morgan fingerprint density at radius 3 is 2.36 bits per heavy atom. The minimum Gasteiger partial charge on any atom is -0.490 e. The lowest BCUT2D eigenvalue weighted by molar-refractivity contribution is -0.123. The van der Waals surface area contributed by atoms with Crippen molar-refractivity contribution in [2.24, 2.45) is 5.10 Å². The number of hydrazone groups is 1. The maximum atomic E-state index is 12.3. The highest BCUT2D eigenvalue weighted by Gasteiger charge is 2.13. The number of nitrogens with one attached hydrogen (secondary N) is 1. The Balaban J connectivity index is 1.56. The first kappa shape index (κ1) is 23.5. The molecule has 0 radical (unpaired) electrons. The summed E-state index contributed by atoms with van der Waals surface area (Å²) in [5, 5.41) is 3.95. The number of benzene rings is 3. The van der Waals surface area contributed by atoms with E-state index in [1.807, 2.05) is 37.3 Å². The number of nitrogens with zero attached hydrogens (tertiary/aromatic N) is 1. The van der Waals surface area contributed by atoms with Crippen molar-refractivity contribution in [3.05, 3.63) is 89.5 Å². The Hall–Kier alpha value is -4.13. The third-order valence-corrected chi connectivity index (χ3v) is 4.58. The molecule has 0 heterocycles. The third kappa shape index (κ3) is 7.21. The Morgan fingerprint density at radius 1 is 0.909 bits per heavy atom. The molecule has 3 rings (SSSR count). The zero-order valence-electron chi connectivity index (χ0n) is 18.6. The van der Waals surface area contributed by atoms with E-state index in [-0.39, 0.29) is 12.5 Å². The van der Waals surface area contributed by atoms with Gasteiger partial charge < -0.3 is 14.2 Å². The molecule has 0 fully saturated rings. The van der Waals surface area contributed by atoms with Crippen LogP contribution in [0, 0.1) is 0 Å². The smallest absolute Gasteiger partial charge is 0.343 e. The molecule has 0 spiro atoms. The van der Waals surface area contributed by atoms with Crippen LogP contribution >= 0.6 is 0 Å². The van der Waals surface area contributed by atoms with Crippen LogP contribution in [-0.4, -0.2) is 31.3 Å². The van der Waals surface area contributed by atoms with Gasteiger partial charge in [-0.05, 0) is 66.9 Å². The number of carbonyl (C=O) groups excluding carboxylic acids is 2. The molecular formula is C26H26N2O5. The third-order valence-electron chi connectivity index (χ3n) is 4.58. The van der Waals surface area contributed by atoms with Gasteiger partial charge in [-0.2, -0.15) is 5.10 Å². The molecule has 3 aromatic rings. The van der Waals surface area contributed by atoms with Crippen LogP contribution in [-0.2, 0) is 11.2 Å². The number of hydrogen-bond acceptors (Lipinski definition) is 6. The number of aryl methyl sites for hydroxylation is 1. The molecule has 0 saturated heterocycles. The normalized spacial score (nSPS) is 10.6. The summed E-state index contributed by atoms with van der Waals surface area (Å²) in [6, 6.07) is 21.3. The summed E-state index contributed by atoms with van der Waals surface area (Å²) in [5.41, 5.74) is 4.72. The first-order valence-corrected chi connectivity index (χ1v) is 10.7. The highest BCUT2D eigenvalue weighted by atomic mass is 16.6. The van der Waals surface area contributed by atoms with Crippen molar-refractivity contribution in [3.8, 4) is 17.2 Å². The second-order valence-electron chi connectivity index (χ2n) is 6.97. The SMILES string of the molecule is CCOc1cc(/C=N\NC(=O)COc2ccc(CC)cc2)ccc1OC(=O)c1ccccc1. The summed E-state index contributed by atoms with van der Waals surface area (Å²) in [6.45, 7) is 4.15. The van der Waals surface area contributed by atoms with Gasteiger partial charge in [-0.3, -0.25) is 4.79 Å². The van der Waals surface area contributed by atoms with Crippen molar-refractivity contribution in [2.75, 3.05) is 13.2 Å². The van der Waals surface area contributed by atoms with Gasteiger partial charge in [0.25, 0.3) is 5.91 Å². The molecule has 1 amide bonds. The summed E-state index contributed by atoms with van der Waals surface area (Å²) in [7, 11) is 0. The lowest BCUT2D eigenvalue weighted by Gasteiger charge is -2.11. The van der Waals surface area contributed by atoms with Gasteiger partial charge in [0.2, 0.25) is 0 Å². The predicted molar refractivity (Wildman–Crippen MR) is 126 cm³/mol. The number of rotatable bonds is 10. The van der Waals surface area contributed by atoms with Crippen LogP contribution in [0.2, 0.25) is 0 Å². The van der Waals surface area contributed by atoms with Gasteiger partial charge in [0.1, 0.15) is 5.75 Å². The number of ether oxygens (including phenoxy) is 3. The molecule has 33 heavy (non-hydrogen) atoms. The van der Waals surface area contributed by atoms with E-state index in [9.17, 15) is 9.59 Å². The topological polar surface area (TPSA) is 86.2 Å². The number of esters is 1. The van der Waals surface area contributed by atoms with Gasteiger partial charge in [-0.15, -0.1) is 0 Å². The molecule has 0 aromatic heterocycles. The Bertz CT molecular complexity index is 1100. The van der Waals surface area contributed by atoms with Crippen LogP contribution < -0.4 is 19.6 Å². The van der Waals surface area contributed by atoms with E-state index in [1.165, 1.54) is 11.8 Å². The van der Waals surface area contributed by atoms with Crippen molar-refractivity contribution in [1.29, 1.82) is 0 Å². The quantitative estimate of drug-likeness (QED) is 0.216. The fourth-order valence-corrected chi connectivity index (χ4v) is 2.87. The molecule has 7 nitrogen and oxygen atoms in total. The van der Waals surface area contributed by atoms with Crippen LogP contribution in [0.3, 0.4) is 0 Å². The molecule has 0 saturated carbocycles. The molecule has 3 aromatic carbocycles. The van der Waals surface area contributed by atoms with Crippen molar-refractivity contribution in [2.45, 2.75) is 20.3 Å². The van der Waals surface area contributed by atoms with E-state index in [0.717, 1.165) is 6.42 Å². The zero-order valence-corrected chi connectivity index (χ0v) is 18.6. The lowest BCUT2D eigenvalue weighted by atomic mass is 10.2. The van der Waals surface area contributed by atoms with E-state index in [0.29, 0.717) is 35.0 Å². The Morgan fingerprint density at radius 2 is 1.67 bits per heavy atom. The summed E-state index contributed by atoms with van der Waals surface area (Å²) in [6.07, 6.45) is 2.41. The molecule has 0 bridgehead atoms. The number of amides is 1. The summed E-state index contributed by atoms with van der Waals surface area (Å²) in [4.78, 5) is 24.3. The van der Waals surface area contributed by atoms with E-state index in [4.69, 9.17) is 14.2 Å². The first-order valence-electron chi connectivity index (χ1n) is 10.7. The predicted octanol–water partition coefficient (Wildman–Crippen LogP) is 4.40. The highest BCUT2D eigenvalue weighted by molar-refractivity contribution is 5.91. The molecule has 0 aliphatic heterocycles. The van der Waals surface area contributed by atoms with Crippen LogP contribution in [0.15, 0.2) is 77.9 Å². The number of hydrogen-bond donors (Lipinski definition) is 1. The molecule has 0 aliphatic rings. The van der Waals surface area contributed by atoms with Crippen LogP contribution in [0.25, 0.3) is 0 Å². The molecular weight excluding hydrogens is 420 g/mol. The zero-order chi connectivity index (χ0) is 23.5. The van der Waals surface area contributed by atoms with Crippen LogP contribution in [0.5, 0.6) is 17.2 Å². The van der Waals surface area contributed by atoms with Gasteiger partial charge in [-0.1, -0.05) is 37.3 Å². The van der Waals surface area contributed by atoms with E-state index < -0.39 is 5.97 Å². The Labute approximate surface area is 193 Å². The molecule has 0 atom stereocenters. The van der Waals surface area contributed by atoms with Crippen molar-refractivity contribution in [1.82, 2.24) is 5.43 Å². The van der Waals surface area contributed by atoms with Crippen molar-refractivity contribution >= 4 is 18.1 Å². The maximum Gasteiger partial charge on any atom is 0.343 e. The minimum atomic E-state index is -0.477. The lowest BCUT2D eigenvalue weighted by Crippen LogP contribution is -2.24. The largest absolute Gasteiger partial charge is 0.490 e. The fraction of sp³-hybridized carbons (Fsp3) is 0.192. The second kappa shape index (κ2) is 12.0. The number of carbonyl (C=O) groups is 2. The standard InChI is InChI=1S/C26H26N2O5/c1-3-19-10-13-22(14-11-19)32-18-25(29)28-27-17-20-12-15-23(24(16-20)31-4-2)33-26(30)21-8-6-5-7-9-21/h5-17H,3-4,18H2,1-2H3,(H,28,29)/b27-17-. The Kier molecular flexibility index (Phi) is 8.59. The minimum absolute atomic E-state index is 0.151. The maximum absolute atomic E-state index is 12.3. The van der Waals surface area contributed by atoms with Gasteiger partial charge >= 0.3 is 5.97 Å². The van der Waals surface area contributed by atoms with Gasteiger partial charge in [0.15, 0.2) is 18.1 Å². The van der Waals surface area contributed by atoms with Gasteiger partial charge in [0, 0.05) is 0 Å². The van der Waals surface area contributed by atoms with Gasteiger partial charge in [-0.25, -0.2) is 10.2 Å². The van der Waals surface area contributed by atoms with Crippen LogP contribution in [0.1, 0.15) is 35.3 Å². The molecule has 170 valence electrons. The second-order valence-corrected chi connectivity index (χ2v) is 6.97. The van der Waals surface area contributed by atoms with Crippen molar-refractivity contribution in [3.63, 3.8) is 0 Å². The monoisotopic (exact) mass is 446 g/mol. The first-order chi connectivity index (χ1) is 16.1. The summed E-state index contributed by atoms with van der Waals surface area (Å²) in [5.74, 6) is 0.456. The highest BCUT2D eigenvalue weighted by Crippen LogP contribution is 2.29. The van der Waals surface area contributed by atoms with Gasteiger partial charge in [0.05, 0.1) is 18.4 Å². The van der Waals surface area contributed by atoms with E-state index in [1.54, 1.807) is 42.5 Å². The van der Waals surface area contributed by atoms with E-state index >= 15 is 0 Å². The van der Waals surface area contributed by atoms with Crippen LogP contribution in [0.4, 0.5) is 0 Å². The molecule has 7 heteroatoms. The summed E-state index contributed by atoms with van der Waals surface area (Å²) >= 11 is 0. The summed E-state index contributed by atoms with van der Waals surface area (Å²) < 4.78 is 16.5. The van der Waals surface area contributed by atoms with E-state index in [2.05, 4.69) is 17.5 Å². The average molecular weight is 447 g/mol. The molecule has 0 unspecified atom stereocenters. The van der Waals surface area contributed by atoms with Crippen molar-refractivity contribution < 1.29 is 23.8 Å². The molecule has 0 aliphatic carbocycles. The fourth-order valence-electron chi connectivity index (χ4n) is 2.87. The molecule has 1 N–H and O–H groups in total. The average Bonchev–Trinajstić information content (AvgIpc) is 2.85.